The van der Waals surface area contributed by atoms with E-state index in [1.54, 1.807) is 6.07 Å². The van der Waals surface area contributed by atoms with Gasteiger partial charge in [0.1, 0.15) is 11.6 Å². The highest BCUT2D eigenvalue weighted by atomic mass is 16.1. The zero-order valence-electron chi connectivity index (χ0n) is 11.7. The molecular formula is C14H20N4O2. The number of amides is 1. The topological polar surface area (TPSA) is 78.1 Å². The van der Waals surface area contributed by atoms with Crippen LogP contribution in [0.1, 0.15) is 32.0 Å². The molecule has 0 bridgehead atoms. The van der Waals surface area contributed by atoms with Gasteiger partial charge in [0.25, 0.3) is 5.56 Å². The molecule has 1 aromatic rings. The second-order valence-corrected chi connectivity index (χ2v) is 5.61. The smallest absolute Gasteiger partial charge is 0.252 e. The van der Waals surface area contributed by atoms with Crippen LogP contribution in [0.15, 0.2) is 10.9 Å². The van der Waals surface area contributed by atoms with Crippen LogP contribution >= 0.6 is 0 Å². The molecule has 0 aromatic carbocycles. The van der Waals surface area contributed by atoms with E-state index in [2.05, 4.69) is 20.2 Å². The van der Waals surface area contributed by atoms with Crippen LogP contribution in [0.2, 0.25) is 0 Å². The summed E-state index contributed by atoms with van der Waals surface area (Å²) in [5.74, 6) is 2.13. The van der Waals surface area contributed by atoms with E-state index in [0.717, 1.165) is 44.0 Å². The molecule has 1 amide bonds. The number of aromatic nitrogens is 2. The van der Waals surface area contributed by atoms with Crippen molar-refractivity contribution in [2.45, 2.75) is 38.6 Å². The summed E-state index contributed by atoms with van der Waals surface area (Å²) in [6, 6.07) is 1.86. The van der Waals surface area contributed by atoms with Gasteiger partial charge in [-0.3, -0.25) is 9.59 Å². The Hall–Kier alpha value is -1.85. The highest BCUT2D eigenvalue weighted by Crippen LogP contribution is 2.27. The molecule has 0 spiro atoms. The van der Waals surface area contributed by atoms with E-state index >= 15 is 0 Å². The molecule has 2 aliphatic rings. The maximum atomic E-state index is 11.7. The van der Waals surface area contributed by atoms with E-state index in [-0.39, 0.29) is 11.5 Å². The molecule has 20 heavy (non-hydrogen) atoms. The van der Waals surface area contributed by atoms with Crippen LogP contribution in [-0.4, -0.2) is 35.0 Å². The number of carbonyl (C=O) groups excluding carboxylic acids is 1. The SMILES string of the molecule is CCc1nc(N2CCC3NC(=O)CCC3C2)cc(=O)[nH]1. The molecule has 0 radical (unpaired) electrons. The average molecular weight is 276 g/mol. The number of anilines is 1. The van der Waals surface area contributed by atoms with Gasteiger partial charge in [-0.25, -0.2) is 4.98 Å². The van der Waals surface area contributed by atoms with Gasteiger partial charge in [-0.05, 0) is 18.8 Å². The van der Waals surface area contributed by atoms with Gasteiger partial charge in [0.15, 0.2) is 0 Å². The highest BCUT2D eigenvalue weighted by molar-refractivity contribution is 5.77. The first-order chi connectivity index (χ1) is 9.65. The number of fused-ring (bicyclic) bond motifs is 1. The fourth-order valence-corrected chi connectivity index (χ4v) is 3.14. The van der Waals surface area contributed by atoms with Gasteiger partial charge >= 0.3 is 0 Å². The summed E-state index contributed by atoms with van der Waals surface area (Å²) in [5.41, 5.74) is -0.0917. The minimum Gasteiger partial charge on any atom is -0.356 e. The number of rotatable bonds is 2. The zero-order chi connectivity index (χ0) is 14.1. The molecule has 3 rings (SSSR count). The Balaban J connectivity index is 1.77. The quantitative estimate of drug-likeness (QED) is 0.821. The number of aromatic amines is 1. The van der Waals surface area contributed by atoms with E-state index in [1.807, 2.05) is 6.92 Å². The second kappa shape index (κ2) is 5.26. The lowest BCUT2D eigenvalue weighted by atomic mass is 9.85. The van der Waals surface area contributed by atoms with Crippen molar-refractivity contribution in [1.29, 1.82) is 0 Å². The number of H-pyrrole nitrogens is 1. The Morgan fingerprint density at radius 1 is 1.40 bits per heavy atom. The number of hydrogen-bond donors (Lipinski definition) is 2. The lowest BCUT2D eigenvalue weighted by Crippen LogP contribution is -2.54. The standard InChI is InChI=1S/C14H20N4O2/c1-2-11-16-12(7-14(20)17-11)18-6-5-10-9(8-18)3-4-13(19)15-10/h7,9-10H,2-6,8H2,1H3,(H,15,19)(H,16,17,20). The summed E-state index contributed by atoms with van der Waals surface area (Å²) in [6.07, 6.45) is 3.18. The predicted molar refractivity (Wildman–Crippen MR) is 75.7 cm³/mol. The molecule has 3 heterocycles. The van der Waals surface area contributed by atoms with Crippen molar-refractivity contribution in [3.05, 3.63) is 22.2 Å². The van der Waals surface area contributed by atoms with Crippen molar-refractivity contribution < 1.29 is 4.79 Å². The molecule has 2 unspecified atom stereocenters. The number of nitrogens with zero attached hydrogens (tertiary/aromatic N) is 2. The van der Waals surface area contributed by atoms with E-state index in [9.17, 15) is 9.59 Å². The maximum Gasteiger partial charge on any atom is 0.252 e. The van der Waals surface area contributed by atoms with Crippen molar-refractivity contribution in [3.63, 3.8) is 0 Å². The molecule has 108 valence electrons. The summed E-state index contributed by atoms with van der Waals surface area (Å²) in [7, 11) is 0. The molecule has 2 saturated heterocycles. The Morgan fingerprint density at radius 2 is 2.25 bits per heavy atom. The average Bonchev–Trinajstić information content (AvgIpc) is 2.46. The largest absolute Gasteiger partial charge is 0.356 e. The van der Waals surface area contributed by atoms with Crippen LogP contribution in [0.5, 0.6) is 0 Å². The monoisotopic (exact) mass is 276 g/mol. The number of aryl methyl sites for hydroxylation is 1. The Labute approximate surface area is 117 Å². The Morgan fingerprint density at radius 3 is 3.05 bits per heavy atom. The number of piperidine rings is 2. The van der Waals surface area contributed by atoms with Gasteiger partial charge in [-0.15, -0.1) is 0 Å². The molecule has 2 atom stereocenters. The molecule has 6 heteroatoms. The first-order valence-electron chi connectivity index (χ1n) is 7.30. The van der Waals surface area contributed by atoms with Crippen molar-refractivity contribution >= 4 is 11.7 Å². The van der Waals surface area contributed by atoms with E-state index in [0.29, 0.717) is 18.4 Å². The third-order valence-electron chi connectivity index (χ3n) is 4.26. The summed E-state index contributed by atoms with van der Waals surface area (Å²) < 4.78 is 0. The third-order valence-corrected chi connectivity index (χ3v) is 4.26. The zero-order valence-corrected chi connectivity index (χ0v) is 11.7. The lowest BCUT2D eigenvalue weighted by molar-refractivity contribution is -0.124. The fourth-order valence-electron chi connectivity index (χ4n) is 3.14. The van der Waals surface area contributed by atoms with Crippen LogP contribution in [-0.2, 0) is 11.2 Å². The summed E-state index contributed by atoms with van der Waals surface area (Å²) in [4.78, 5) is 32.5. The predicted octanol–water partition coefficient (Wildman–Crippen LogP) is 0.437. The van der Waals surface area contributed by atoms with Crippen molar-refractivity contribution in [2.75, 3.05) is 18.0 Å². The molecule has 1 aromatic heterocycles. The minimum atomic E-state index is -0.0917. The van der Waals surface area contributed by atoms with Crippen LogP contribution in [0.25, 0.3) is 0 Å². The van der Waals surface area contributed by atoms with E-state index in [4.69, 9.17) is 0 Å². The second-order valence-electron chi connectivity index (χ2n) is 5.61. The first-order valence-corrected chi connectivity index (χ1v) is 7.30. The summed E-state index contributed by atoms with van der Waals surface area (Å²) >= 11 is 0. The summed E-state index contributed by atoms with van der Waals surface area (Å²) in [5, 5.41) is 3.07. The molecule has 2 fully saturated rings. The van der Waals surface area contributed by atoms with Crippen LogP contribution < -0.4 is 15.8 Å². The Kier molecular flexibility index (Phi) is 3.46. The number of nitrogens with one attached hydrogen (secondary N) is 2. The van der Waals surface area contributed by atoms with Crippen LogP contribution in [0, 0.1) is 5.92 Å². The molecular weight excluding hydrogens is 256 g/mol. The summed E-state index contributed by atoms with van der Waals surface area (Å²) in [6.45, 7) is 3.68. The molecule has 2 aliphatic heterocycles. The van der Waals surface area contributed by atoms with Crippen molar-refractivity contribution in [3.8, 4) is 0 Å². The van der Waals surface area contributed by atoms with Crippen LogP contribution in [0.4, 0.5) is 5.82 Å². The van der Waals surface area contributed by atoms with Gasteiger partial charge in [-0.1, -0.05) is 6.92 Å². The number of carbonyl (C=O) groups is 1. The van der Waals surface area contributed by atoms with Gasteiger partial charge in [-0.2, -0.15) is 0 Å². The normalized spacial score (nSPS) is 26.1. The fraction of sp³-hybridized carbons (Fsp3) is 0.643. The maximum absolute atomic E-state index is 11.7. The van der Waals surface area contributed by atoms with Gasteiger partial charge in [0, 0.05) is 38.0 Å². The molecule has 2 N–H and O–H groups in total. The van der Waals surface area contributed by atoms with Gasteiger partial charge in [0.2, 0.25) is 5.91 Å². The van der Waals surface area contributed by atoms with Gasteiger partial charge < -0.3 is 15.2 Å². The van der Waals surface area contributed by atoms with Gasteiger partial charge in [0.05, 0.1) is 0 Å². The lowest BCUT2D eigenvalue weighted by Gasteiger charge is -2.41. The minimum absolute atomic E-state index is 0.0917. The van der Waals surface area contributed by atoms with Crippen molar-refractivity contribution in [1.82, 2.24) is 15.3 Å². The van der Waals surface area contributed by atoms with Crippen molar-refractivity contribution in [2.24, 2.45) is 5.92 Å². The molecule has 0 aliphatic carbocycles. The molecule has 0 saturated carbocycles. The Bertz CT molecular complexity index is 569. The third kappa shape index (κ3) is 2.55. The van der Waals surface area contributed by atoms with E-state index < -0.39 is 0 Å². The molecule has 6 nitrogen and oxygen atoms in total. The number of hydrogen-bond acceptors (Lipinski definition) is 4. The first kappa shape index (κ1) is 13.1. The van der Waals surface area contributed by atoms with E-state index in [1.165, 1.54) is 0 Å². The van der Waals surface area contributed by atoms with Crippen LogP contribution in [0.3, 0.4) is 0 Å². The highest BCUT2D eigenvalue weighted by Gasteiger charge is 2.34.